The van der Waals surface area contributed by atoms with Gasteiger partial charge in [0.2, 0.25) is 5.91 Å². The van der Waals surface area contributed by atoms with Crippen LogP contribution >= 0.6 is 15.9 Å². The Morgan fingerprint density at radius 3 is 2.40 bits per heavy atom. The number of halogens is 1. The van der Waals surface area contributed by atoms with E-state index in [-0.39, 0.29) is 17.9 Å². The summed E-state index contributed by atoms with van der Waals surface area (Å²) in [6.45, 7) is 3.82. The first-order valence-corrected chi connectivity index (χ1v) is 8.75. The molecule has 2 amide bonds. The van der Waals surface area contributed by atoms with Gasteiger partial charge in [-0.3, -0.25) is 9.59 Å². The van der Waals surface area contributed by atoms with Crippen LogP contribution in [-0.2, 0) is 11.2 Å². The van der Waals surface area contributed by atoms with Crippen molar-refractivity contribution in [1.29, 1.82) is 0 Å². The number of hydrogen-bond acceptors (Lipinski definition) is 3. The molecular formula is C19H21BrN2O3. The SMILES string of the molecule is CNC(=O)Cc1ccc(NC(=O)c2cc(Br)ccc2OC(C)C)cc1. The number of hydrogen-bond donors (Lipinski definition) is 2. The average molecular weight is 405 g/mol. The summed E-state index contributed by atoms with van der Waals surface area (Å²) in [6, 6.07) is 12.5. The van der Waals surface area contributed by atoms with Crippen LogP contribution in [0.2, 0.25) is 0 Å². The van der Waals surface area contributed by atoms with Gasteiger partial charge in [0.15, 0.2) is 0 Å². The van der Waals surface area contributed by atoms with Crippen LogP contribution in [0.3, 0.4) is 0 Å². The van der Waals surface area contributed by atoms with Gasteiger partial charge in [-0.25, -0.2) is 0 Å². The molecule has 0 heterocycles. The van der Waals surface area contributed by atoms with Crippen molar-refractivity contribution in [3.8, 4) is 5.75 Å². The Morgan fingerprint density at radius 1 is 1.12 bits per heavy atom. The lowest BCUT2D eigenvalue weighted by atomic mass is 10.1. The van der Waals surface area contributed by atoms with Crippen molar-refractivity contribution in [2.24, 2.45) is 0 Å². The molecule has 0 radical (unpaired) electrons. The van der Waals surface area contributed by atoms with Crippen molar-refractivity contribution < 1.29 is 14.3 Å². The second-order valence-corrected chi connectivity index (χ2v) is 6.72. The van der Waals surface area contributed by atoms with Gasteiger partial charge >= 0.3 is 0 Å². The zero-order valence-electron chi connectivity index (χ0n) is 14.4. The first kappa shape index (κ1) is 19.0. The highest BCUT2D eigenvalue weighted by Crippen LogP contribution is 2.25. The molecule has 0 bridgehead atoms. The van der Waals surface area contributed by atoms with Crippen LogP contribution in [0.25, 0.3) is 0 Å². The molecule has 0 saturated carbocycles. The maximum atomic E-state index is 12.6. The zero-order valence-corrected chi connectivity index (χ0v) is 16.0. The molecule has 0 atom stereocenters. The van der Waals surface area contributed by atoms with Gasteiger partial charge in [-0.05, 0) is 49.7 Å². The van der Waals surface area contributed by atoms with E-state index in [1.165, 1.54) is 0 Å². The van der Waals surface area contributed by atoms with Crippen molar-refractivity contribution in [3.63, 3.8) is 0 Å². The Morgan fingerprint density at radius 2 is 1.80 bits per heavy atom. The highest BCUT2D eigenvalue weighted by atomic mass is 79.9. The van der Waals surface area contributed by atoms with Crippen molar-refractivity contribution in [2.45, 2.75) is 26.4 Å². The molecule has 2 rings (SSSR count). The molecule has 5 nitrogen and oxygen atoms in total. The van der Waals surface area contributed by atoms with E-state index < -0.39 is 0 Å². The molecule has 0 spiro atoms. The Hall–Kier alpha value is -2.34. The maximum Gasteiger partial charge on any atom is 0.259 e. The van der Waals surface area contributed by atoms with E-state index >= 15 is 0 Å². The first-order chi connectivity index (χ1) is 11.9. The van der Waals surface area contributed by atoms with Crippen LogP contribution < -0.4 is 15.4 Å². The van der Waals surface area contributed by atoms with Crippen LogP contribution in [0.4, 0.5) is 5.69 Å². The molecule has 132 valence electrons. The van der Waals surface area contributed by atoms with Crippen molar-refractivity contribution in [2.75, 3.05) is 12.4 Å². The summed E-state index contributed by atoms with van der Waals surface area (Å²) in [7, 11) is 1.60. The van der Waals surface area contributed by atoms with Crippen molar-refractivity contribution in [1.82, 2.24) is 5.32 Å². The second kappa shape index (κ2) is 8.67. The Kier molecular flexibility index (Phi) is 6.58. The Balaban J connectivity index is 2.14. The van der Waals surface area contributed by atoms with E-state index in [0.29, 0.717) is 23.4 Å². The molecule has 0 aliphatic rings. The molecule has 0 saturated heterocycles. The third kappa shape index (κ3) is 5.60. The van der Waals surface area contributed by atoms with Gasteiger partial charge in [-0.1, -0.05) is 28.1 Å². The number of carbonyl (C=O) groups excluding carboxylic acids is 2. The monoisotopic (exact) mass is 404 g/mol. The van der Waals surface area contributed by atoms with E-state index in [0.717, 1.165) is 10.0 Å². The van der Waals surface area contributed by atoms with Gasteiger partial charge < -0.3 is 15.4 Å². The standard InChI is InChI=1S/C19H21BrN2O3/c1-12(2)25-17-9-6-14(20)11-16(17)19(24)22-15-7-4-13(5-8-15)10-18(23)21-3/h4-9,11-12H,10H2,1-3H3,(H,21,23)(H,22,24). The van der Waals surface area contributed by atoms with Crippen LogP contribution in [0.15, 0.2) is 46.9 Å². The van der Waals surface area contributed by atoms with Gasteiger partial charge in [0.05, 0.1) is 18.1 Å². The van der Waals surface area contributed by atoms with Crippen molar-refractivity contribution >= 4 is 33.4 Å². The fraction of sp³-hybridized carbons (Fsp3) is 0.263. The predicted molar refractivity (Wildman–Crippen MR) is 102 cm³/mol. The van der Waals surface area contributed by atoms with Gasteiger partial charge in [-0.2, -0.15) is 0 Å². The molecule has 0 aromatic heterocycles. The summed E-state index contributed by atoms with van der Waals surface area (Å²) in [4.78, 5) is 24.0. The fourth-order valence-corrected chi connectivity index (χ4v) is 2.58. The third-order valence-corrected chi connectivity index (χ3v) is 3.90. The van der Waals surface area contributed by atoms with Gasteiger partial charge in [-0.15, -0.1) is 0 Å². The number of anilines is 1. The molecule has 2 aromatic carbocycles. The predicted octanol–water partition coefficient (Wildman–Crippen LogP) is 3.78. The lowest BCUT2D eigenvalue weighted by molar-refractivity contribution is -0.119. The normalized spacial score (nSPS) is 10.4. The molecule has 0 unspecified atom stereocenters. The van der Waals surface area contributed by atoms with Crippen LogP contribution in [-0.4, -0.2) is 25.0 Å². The summed E-state index contributed by atoms with van der Waals surface area (Å²) in [5.74, 6) is 0.226. The largest absolute Gasteiger partial charge is 0.490 e. The molecular weight excluding hydrogens is 384 g/mol. The lowest BCUT2D eigenvalue weighted by Crippen LogP contribution is -2.20. The van der Waals surface area contributed by atoms with E-state index in [9.17, 15) is 9.59 Å². The third-order valence-electron chi connectivity index (χ3n) is 3.40. The summed E-state index contributed by atoms with van der Waals surface area (Å²) in [6.07, 6.45) is 0.277. The second-order valence-electron chi connectivity index (χ2n) is 5.81. The van der Waals surface area contributed by atoms with Crippen LogP contribution in [0.1, 0.15) is 29.8 Å². The van der Waals surface area contributed by atoms with Crippen LogP contribution in [0, 0.1) is 0 Å². The topological polar surface area (TPSA) is 67.4 Å². The quantitative estimate of drug-likeness (QED) is 0.769. The molecule has 25 heavy (non-hydrogen) atoms. The number of ether oxygens (including phenoxy) is 1. The van der Waals surface area contributed by atoms with E-state index in [4.69, 9.17) is 4.74 Å². The zero-order chi connectivity index (χ0) is 18.4. The van der Waals surface area contributed by atoms with Gasteiger partial charge in [0, 0.05) is 17.2 Å². The minimum absolute atomic E-state index is 0.0308. The van der Waals surface area contributed by atoms with Crippen molar-refractivity contribution in [3.05, 3.63) is 58.1 Å². The number of carbonyl (C=O) groups is 2. The first-order valence-electron chi connectivity index (χ1n) is 7.96. The van der Waals surface area contributed by atoms with Gasteiger partial charge in [0.25, 0.3) is 5.91 Å². The van der Waals surface area contributed by atoms with Gasteiger partial charge in [0.1, 0.15) is 5.75 Å². The number of nitrogens with one attached hydrogen (secondary N) is 2. The fourth-order valence-electron chi connectivity index (χ4n) is 2.21. The number of rotatable bonds is 6. The molecule has 6 heteroatoms. The Labute approximate surface area is 155 Å². The molecule has 0 aliphatic carbocycles. The molecule has 2 aromatic rings. The number of amides is 2. The highest BCUT2D eigenvalue weighted by molar-refractivity contribution is 9.10. The minimum Gasteiger partial charge on any atom is -0.490 e. The van der Waals surface area contributed by atoms with Crippen LogP contribution in [0.5, 0.6) is 5.75 Å². The Bertz CT molecular complexity index is 758. The smallest absolute Gasteiger partial charge is 0.259 e. The average Bonchev–Trinajstić information content (AvgIpc) is 2.57. The van der Waals surface area contributed by atoms with E-state index in [2.05, 4.69) is 26.6 Å². The van der Waals surface area contributed by atoms with E-state index in [1.54, 1.807) is 31.3 Å². The number of benzene rings is 2. The highest BCUT2D eigenvalue weighted by Gasteiger charge is 2.15. The lowest BCUT2D eigenvalue weighted by Gasteiger charge is -2.14. The maximum absolute atomic E-state index is 12.6. The molecule has 2 N–H and O–H groups in total. The summed E-state index contributed by atoms with van der Waals surface area (Å²) in [5, 5.41) is 5.44. The summed E-state index contributed by atoms with van der Waals surface area (Å²) < 4.78 is 6.51. The minimum atomic E-state index is -0.254. The van der Waals surface area contributed by atoms with E-state index in [1.807, 2.05) is 32.0 Å². The molecule has 0 fully saturated rings. The summed E-state index contributed by atoms with van der Waals surface area (Å²) >= 11 is 3.38. The molecule has 0 aliphatic heterocycles. The summed E-state index contributed by atoms with van der Waals surface area (Å²) in [5.41, 5.74) is 1.99. The number of likely N-dealkylation sites (N-methyl/N-ethyl adjacent to an activating group) is 1.